The first kappa shape index (κ1) is 32.3. The molecule has 0 spiro atoms. The van der Waals surface area contributed by atoms with E-state index in [0.29, 0.717) is 8.95 Å². The Hall–Kier alpha value is -2.66. The van der Waals surface area contributed by atoms with Gasteiger partial charge in [-0.2, -0.15) is 16.8 Å². The highest BCUT2D eigenvalue weighted by atomic mass is 79.9. The van der Waals surface area contributed by atoms with Gasteiger partial charge >= 0.3 is 20.2 Å². The Morgan fingerprint density at radius 3 is 1.10 bits per heavy atom. The minimum absolute atomic E-state index is 0.116. The van der Waals surface area contributed by atoms with Crippen LogP contribution >= 0.6 is 31.9 Å². The van der Waals surface area contributed by atoms with E-state index in [1.807, 2.05) is 24.3 Å². The van der Waals surface area contributed by atoms with Crippen LogP contribution in [0.1, 0.15) is 52.7 Å². The molecule has 0 heterocycles. The highest BCUT2D eigenvalue weighted by Crippen LogP contribution is 2.38. The quantitative estimate of drug-likeness (QED) is 0.176. The summed E-state index contributed by atoms with van der Waals surface area (Å²) >= 11 is 6.68. The van der Waals surface area contributed by atoms with Crippen molar-refractivity contribution in [3.63, 3.8) is 0 Å². The maximum atomic E-state index is 13.6. The molecule has 4 rings (SSSR count). The minimum Gasteiger partial charge on any atom is -0.379 e. The summed E-state index contributed by atoms with van der Waals surface area (Å²) in [7, 11) is -8.78. The number of hydrogen-bond acceptors (Lipinski definition) is 6. The molecule has 0 fully saturated rings. The van der Waals surface area contributed by atoms with Crippen molar-refractivity contribution < 1.29 is 25.2 Å². The summed E-state index contributed by atoms with van der Waals surface area (Å²) < 4.78 is 66.5. The van der Waals surface area contributed by atoms with Gasteiger partial charge in [-0.3, -0.25) is 0 Å². The Labute approximate surface area is 265 Å². The first-order valence-electron chi connectivity index (χ1n) is 13.1. The molecule has 0 aliphatic rings. The molecule has 222 valence electrons. The Balaban J connectivity index is 1.77. The van der Waals surface area contributed by atoms with Gasteiger partial charge in [0.25, 0.3) is 0 Å². The van der Waals surface area contributed by atoms with Crippen molar-refractivity contribution in [3.8, 4) is 22.6 Å². The van der Waals surface area contributed by atoms with Crippen molar-refractivity contribution in [3.05, 3.63) is 105 Å². The standard InChI is InChI=1S/C32H32Br2O6S2/c1-31(2,3)21-7-13-25(14-8-21)39-41(35,36)29-19-23(33)11-17-27(29)28-18-12-24(34)20-30(28)42(37,38)40-26-15-9-22(10-16-26)32(4,5)6/h7-20H,1-6H3. The van der Waals surface area contributed by atoms with Crippen LogP contribution in [0.2, 0.25) is 0 Å². The highest BCUT2D eigenvalue weighted by molar-refractivity contribution is 9.10. The summed E-state index contributed by atoms with van der Waals surface area (Å²) in [5.41, 5.74) is 2.09. The second-order valence-corrected chi connectivity index (χ2v) is 16.8. The molecule has 0 atom stereocenters. The van der Waals surface area contributed by atoms with Crippen LogP contribution in [0.15, 0.2) is 104 Å². The molecule has 0 aromatic heterocycles. The molecule has 0 radical (unpaired) electrons. The summed E-state index contributed by atoms with van der Waals surface area (Å²) in [5.74, 6) is 0.277. The third-order valence-corrected chi connectivity index (χ3v) is 10.1. The van der Waals surface area contributed by atoms with Crippen molar-refractivity contribution >= 4 is 52.1 Å². The van der Waals surface area contributed by atoms with Crippen LogP contribution in [0.5, 0.6) is 11.5 Å². The lowest BCUT2D eigenvalue weighted by Crippen LogP contribution is -2.15. The second kappa shape index (κ2) is 11.8. The van der Waals surface area contributed by atoms with E-state index in [1.165, 1.54) is 24.3 Å². The molecular formula is C32H32Br2O6S2. The first-order chi connectivity index (χ1) is 19.4. The summed E-state index contributed by atoms with van der Waals surface area (Å²) in [6.45, 7) is 12.3. The fraction of sp³-hybridized carbons (Fsp3) is 0.250. The Morgan fingerprint density at radius 2 is 0.810 bits per heavy atom. The zero-order valence-corrected chi connectivity index (χ0v) is 28.9. The van der Waals surface area contributed by atoms with Gasteiger partial charge in [-0.15, -0.1) is 0 Å². The molecular weight excluding hydrogens is 704 g/mol. The number of halogens is 2. The first-order valence-corrected chi connectivity index (χ1v) is 17.5. The van der Waals surface area contributed by atoms with Gasteiger partial charge in [-0.1, -0.05) is 110 Å². The van der Waals surface area contributed by atoms with E-state index >= 15 is 0 Å². The van der Waals surface area contributed by atoms with E-state index in [0.717, 1.165) is 11.1 Å². The van der Waals surface area contributed by atoms with Crippen LogP contribution in [0.3, 0.4) is 0 Å². The van der Waals surface area contributed by atoms with E-state index in [-0.39, 0.29) is 43.2 Å². The second-order valence-electron chi connectivity index (χ2n) is 11.9. The normalized spacial score (nSPS) is 12.7. The molecule has 0 unspecified atom stereocenters. The lowest BCUT2D eigenvalue weighted by Gasteiger charge is -2.20. The lowest BCUT2D eigenvalue weighted by atomic mass is 9.87. The lowest BCUT2D eigenvalue weighted by molar-refractivity contribution is 0.482. The predicted octanol–water partition coefficient (Wildman–Crippen LogP) is 9.01. The molecule has 0 N–H and O–H groups in total. The van der Waals surface area contributed by atoms with Gasteiger partial charge in [0.15, 0.2) is 0 Å². The number of rotatable bonds is 7. The Bertz CT molecular complexity index is 1680. The minimum atomic E-state index is -4.39. The zero-order valence-electron chi connectivity index (χ0n) is 24.1. The van der Waals surface area contributed by atoms with Crippen molar-refractivity contribution in [1.29, 1.82) is 0 Å². The molecule has 0 amide bonds. The van der Waals surface area contributed by atoms with Crippen LogP contribution in [0.25, 0.3) is 11.1 Å². The van der Waals surface area contributed by atoms with Crippen LogP contribution in [0.4, 0.5) is 0 Å². The third kappa shape index (κ3) is 7.45. The summed E-state index contributed by atoms with van der Waals surface area (Å²) in [6, 6.07) is 22.8. The van der Waals surface area contributed by atoms with Gasteiger partial charge in [0, 0.05) is 20.1 Å². The number of hydrogen-bond donors (Lipinski definition) is 0. The largest absolute Gasteiger partial charge is 0.379 e. The SMILES string of the molecule is CC(C)(C)c1ccc(OS(=O)(=O)c2cc(Br)ccc2-c2ccc(Br)cc2S(=O)(=O)Oc2ccc(C(C)(C)C)cc2)cc1. The van der Waals surface area contributed by atoms with Crippen LogP contribution in [0, 0.1) is 0 Å². The van der Waals surface area contributed by atoms with Gasteiger partial charge in [0.2, 0.25) is 0 Å². The van der Waals surface area contributed by atoms with Crippen molar-refractivity contribution in [1.82, 2.24) is 0 Å². The number of benzene rings is 4. The molecule has 0 aliphatic heterocycles. The Kier molecular flexibility index (Phi) is 9.05. The molecule has 42 heavy (non-hydrogen) atoms. The topological polar surface area (TPSA) is 86.7 Å². The molecule has 0 saturated carbocycles. The molecule has 6 nitrogen and oxygen atoms in total. The van der Waals surface area contributed by atoms with E-state index in [2.05, 4.69) is 73.4 Å². The molecule has 0 aliphatic carbocycles. The fourth-order valence-electron chi connectivity index (χ4n) is 4.22. The van der Waals surface area contributed by atoms with Crippen LogP contribution < -0.4 is 8.37 Å². The molecule has 0 bridgehead atoms. The van der Waals surface area contributed by atoms with Crippen LogP contribution in [-0.4, -0.2) is 16.8 Å². The van der Waals surface area contributed by atoms with Gasteiger partial charge in [-0.05, 0) is 70.5 Å². The average molecular weight is 737 g/mol. The maximum Gasteiger partial charge on any atom is 0.339 e. The molecule has 10 heteroatoms. The average Bonchev–Trinajstić information content (AvgIpc) is 2.88. The molecule has 4 aromatic carbocycles. The van der Waals surface area contributed by atoms with Gasteiger partial charge in [0.05, 0.1) is 0 Å². The maximum absolute atomic E-state index is 13.6. The zero-order chi connectivity index (χ0) is 31.1. The van der Waals surface area contributed by atoms with E-state index in [1.54, 1.807) is 36.4 Å². The van der Waals surface area contributed by atoms with Crippen molar-refractivity contribution in [2.75, 3.05) is 0 Å². The summed E-state index contributed by atoms with van der Waals surface area (Å²) in [6.07, 6.45) is 0. The summed E-state index contributed by atoms with van der Waals surface area (Å²) in [5, 5.41) is 0. The monoisotopic (exact) mass is 734 g/mol. The highest BCUT2D eigenvalue weighted by Gasteiger charge is 2.29. The van der Waals surface area contributed by atoms with Gasteiger partial charge < -0.3 is 8.37 Å². The van der Waals surface area contributed by atoms with Gasteiger partial charge in [-0.25, -0.2) is 0 Å². The predicted molar refractivity (Wildman–Crippen MR) is 173 cm³/mol. The third-order valence-electron chi connectivity index (χ3n) is 6.57. The van der Waals surface area contributed by atoms with E-state index in [9.17, 15) is 16.8 Å². The molecule has 4 aromatic rings. The Morgan fingerprint density at radius 1 is 0.500 bits per heavy atom. The fourth-order valence-corrected chi connectivity index (χ4v) is 7.59. The van der Waals surface area contributed by atoms with Crippen molar-refractivity contribution in [2.24, 2.45) is 0 Å². The van der Waals surface area contributed by atoms with E-state index < -0.39 is 20.2 Å². The van der Waals surface area contributed by atoms with Crippen LogP contribution in [-0.2, 0) is 31.1 Å². The van der Waals surface area contributed by atoms with Crippen molar-refractivity contribution in [2.45, 2.75) is 62.2 Å². The molecule has 0 saturated heterocycles. The smallest absolute Gasteiger partial charge is 0.339 e. The van der Waals surface area contributed by atoms with Gasteiger partial charge in [0.1, 0.15) is 21.3 Å². The van der Waals surface area contributed by atoms with E-state index in [4.69, 9.17) is 8.37 Å². The summed E-state index contributed by atoms with van der Waals surface area (Å²) in [4.78, 5) is -0.407.